The van der Waals surface area contributed by atoms with E-state index in [2.05, 4.69) is 4.98 Å². The summed E-state index contributed by atoms with van der Waals surface area (Å²) in [5.74, 6) is 0.354. The van der Waals surface area contributed by atoms with E-state index < -0.39 is 0 Å². The van der Waals surface area contributed by atoms with Crippen LogP contribution in [0.3, 0.4) is 0 Å². The highest BCUT2D eigenvalue weighted by Gasteiger charge is 2.16. The number of ketones is 1. The van der Waals surface area contributed by atoms with Gasteiger partial charge in [-0.1, -0.05) is 23.7 Å². The van der Waals surface area contributed by atoms with Crippen LogP contribution in [-0.4, -0.2) is 10.8 Å². The molecule has 0 fully saturated rings. The molecule has 0 aliphatic rings. The number of aromatic nitrogens is 1. The summed E-state index contributed by atoms with van der Waals surface area (Å²) >= 11 is 7.25. The van der Waals surface area contributed by atoms with E-state index in [0.717, 1.165) is 5.52 Å². The lowest BCUT2D eigenvalue weighted by atomic mass is 10.2. The predicted molar refractivity (Wildman–Crippen MR) is 71.4 cm³/mol. The number of carbonyl (C=O) groups excluding carboxylic acids is 1. The van der Waals surface area contributed by atoms with E-state index in [1.807, 2.05) is 24.3 Å². The Morgan fingerprint density at radius 2 is 2.17 bits per heavy atom. The van der Waals surface area contributed by atoms with Crippen LogP contribution in [-0.2, 0) is 6.42 Å². The number of Topliss-reactive ketones (excluding diaryl/α,β-unsaturated/α-hetero) is 1. The maximum absolute atomic E-state index is 12.0. The molecule has 0 N–H and O–H groups in total. The molecule has 0 aliphatic heterocycles. The molecule has 2 heterocycles. The van der Waals surface area contributed by atoms with Crippen LogP contribution in [0.15, 0.2) is 40.1 Å². The van der Waals surface area contributed by atoms with Crippen LogP contribution >= 0.6 is 22.9 Å². The van der Waals surface area contributed by atoms with Gasteiger partial charge in [-0.2, -0.15) is 0 Å². The molecular weight excluding hydrogens is 270 g/mol. The van der Waals surface area contributed by atoms with Crippen molar-refractivity contribution in [3.63, 3.8) is 0 Å². The third-order valence-electron chi connectivity index (χ3n) is 2.52. The van der Waals surface area contributed by atoms with Gasteiger partial charge in [-0.3, -0.25) is 4.79 Å². The first-order valence-corrected chi connectivity index (χ1v) is 6.60. The second kappa shape index (κ2) is 4.55. The van der Waals surface area contributed by atoms with Gasteiger partial charge in [0, 0.05) is 0 Å². The van der Waals surface area contributed by atoms with Crippen molar-refractivity contribution in [2.24, 2.45) is 0 Å². The predicted octanol–water partition coefficient (Wildman–Crippen LogP) is 3.97. The van der Waals surface area contributed by atoms with Crippen molar-refractivity contribution < 1.29 is 9.21 Å². The summed E-state index contributed by atoms with van der Waals surface area (Å²) in [7, 11) is 0. The molecule has 0 amide bonds. The van der Waals surface area contributed by atoms with Crippen molar-refractivity contribution in [2.75, 3.05) is 0 Å². The second-order valence-electron chi connectivity index (χ2n) is 3.77. The zero-order chi connectivity index (χ0) is 12.5. The SMILES string of the molecule is O=C(Cc1nc2ccccc2o1)c1sccc1Cl. The van der Waals surface area contributed by atoms with Gasteiger partial charge in [-0.25, -0.2) is 4.98 Å². The van der Waals surface area contributed by atoms with Crippen molar-refractivity contribution in [2.45, 2.75) is 6.42 Å². The van der Waals surface area contributed by atoms with E-state index in [1.54, 1.807) is 11.4 Å². The smallest absolute Gasteiger partial charge is 0.203 e. The lowest BCUT2D eigenvalue weighted by molar-refractivity contribution is 0.0990. The Balaban J connectivity index is 1.88. The molecule has 2 aromatic heterocycles. The van der Waals surface area contributed by atoms with Crippen LogP contribution in [0.25, 0.3) is 11.1 Å². The lowest BCUT2D eigenvalue weighted by Gasteiger charge is -1.94. The Kier molecular flexibility index (Phi) is 2.89. The molecule has 0 spiro atoms. The van der Waals surface area contributed by atoms with Crippen LogP contribution in [0.4, 0.5) is 0 Å². The Morgan fingerprint density at radius 1 is 1.33 bits per heavy atom. The van der Waals surface area contributed by atoms with Crippen LogP contribution < -0.4 is 0 Å². The fraction of sp³-hybridized carbons (Fsp3) is 0.0769. The molecule has 1 aromatic carbocycles. The molecule has 0 saturated heterocycles. The number of carbonyl (C=O) groups is 1. The largest absolute Gasteiger partial charge is 0.440 e. The Hall–Kier alpha value is -1.65. The molecule has 0 bridgehead atoms. The minimum Gasteiger partial charge on any atom is -0.440 e. The standard InChI is InChI=1S/C13H8ClNO2S/c14-8-5-6-18-13(8)10(16)7-12-15-9-3-1-2-4-11(9)17-12/h1-6H,7H2. The molecule has 3 nitrogen and oxygen atoms in total. The van der Waals surface area contributed by atoms with E-state index in [4.69, 9.17) is 16.0 Å². The van der Waals surface area contributed by atoms with Crippen molar-refractivity contribution in [1.29, 1.82) is 0 Å². The fourth-order valence-corrected chi connectivity index (χ4v) is 2.81. The van der Waals surface area contributed by atoms with E-state index in [9.17, 15) is 4.79 Å². The molecule has 0 aliphatic carbocycles. The fourth-order valence-electron chi connectivity index (χ4n) is 1.71. The van der Waals surface area contributed by atoms with Gasteiger partial charge < -0.3 is 4.42 Å². The van der Waals surface area contributed by atoms with Gasteiger partial charge in [-0.15, -0.1) is 11.3 Å². The number of hydrogen-bond acceptors (Lipinski definition) is 4. The van der Waals surface area contributed by atoms with E-state index in [-0.39, 0.29) is 12.2 Å². The van der Waals surface area contributed by atoms with Crippen LogP contribution in [0.1, 0.15) is 15.6 Å². The normalized spacial score (nSPS) is 10.9. The molecule has 5 heteroatoms. The average molecular weight is 278 g/mol. The summed E-state index contributed by atoms with van der Waals surface area (Å²) in [5, 5.41) is 2.28. The zero-order valence-electron chi connectivity index (χ0n) is 9.22. The molecule has 0 unspecified atom stereocenters. The lowest BCUT2D eigenvalue weighted by Crippen LogP contribution is -2.01. The molecule has 0 atom stereocenters. The number of rotatable bonds is 3. The summed E-state index contributed by atoms with van der Waals surface area (Å²) in [5.41, 5.74) is 1.45. The highest BCUT2D eigenvalue weighted by atomic mass is 35.5. The summed E-state index contributed by atoms with van der Waals surface area (Å²) in [6.07, 6.45) is 0.134. The number of fused-ring (bicyclic) bond motifs is 1. The van der Waals surface area contributed by atoms with Crippen molar-refractivity contribution in [1.82, 2.24) is 4.98 Å². The van der Waals surface area contributed by atoms with Crippen LogP contribution in [0, 0.1) is 0 Å². The molecule has 3 rings (SSSR count). The number of halogens is 1. The first kappa shape index (κ1) is 11.4. The highest BCUT2D eigenvalue weighted by molar-refractivity contribution is 7.12. The Morgan fingerprint density at radius 3 is 2.89 bits per heavy atom. The van der Waals surface area contributed by atoms with Crippen molar-refractivity contribution in [3.8, 4) is 0 Å². The maximum atomic E-state index is 12.0. The topological polar surface area (TPSA) is 43.1 Å². The molecule has 0 saturated carbocycles. The summed E-state index contributed by atoms with van der Waals surface area (Å²) in [4.78, 5) is 16.8. The number of benzene rings is 1. The average Bonchev–Trinajstić information content (AvgIpc) is 2.94. The number of nitrogens with zero attached hydrogens (tertiary/aromatic N) is 1. The van der Waals surface area contributed by atoms with E-state index >= 15 is 0 Å². The highest BCUT2D eigenvalue weighted by Crippen LogP contribution is 2.24. The third-order valence-corrected chi connectivity index (χ3v) is 3.90. The zero-order valence-corrected chi connectivity index (χ0v) is 10.8. The summed E-state index contributed by atoms with van der Waals surface area (Å²) in [6.45, 7) is 0. The number of hydrogen-bond donors (Lipinski definition) is 0. The molecule has 3 aromatic rings. The van der Waals surface area contributed by atoms with E-state index in [0.29, 0.717) is 21.4 Å². The Bertz CT molecular complexity index is 683. The minimum absolute atomic E-state index is 0.0680. The first-order valence-electron chi connectivity index (χ1n) is 5.34. The second-order valence-corrected chi connectivity index (χ2v) is 5.10. The van der Waals surface area contributed by atoms with Gasteiger partial charge in [0.1, 0.15) is 5.52 Å². The first-order chi connectivity index (χ1) is 8.74. The number of oxazole rings is 1. The molecular formula is C13H8ClNO2S. The van der Waals surface area contributed by atoms with Gasteiger partial charge in [0.25, 0.3) is 0 Å². The van der Waals surface area contributed by atoms with Gasteiger partial charge in [-0.05, 0) is 23.6 Å². The van der Waals surface area contributed by atoms with Gasteiger partial charge in [0.15, 0.2) is 11.4 Å². The van der Waals surface area contributed by atoms with Crippen LogP contribution in [0.2, 0.25) is 5.02 Å². The van der Waals surface area contributed by atoms with Crippen molar-refractivity contribution >= 4 is 39.8 Å². The monoisotopic (exact) mass is 277 g/mol. The van der Waals surface area contributed by atoms with Gasteiger partial charge >= 0.3 is 0 Å². The maximum Gasteiger partial charge on any atom is 0.203 e. The van der Waals surface area contributed by atoms with Gasteiger partial charge in [0.2, 0.25) is 5.89 Å². The number of thiophene rings is 1. The molecule has 0 radical (unpaired) electrons. The van der Waals surface area contributed by atoms with E-state index in [1.165, 1.54) is 11.3 Å². The van der Waals surface area contributed by atoms with Gasteiger partial charge in [0.05, 0.1) is 16.3 Å². The molecule has 90 valence electrons. The summed E-state index contributed by atoms with van der Waals surface area (Å²) in [6, 6.07) is 9.15. The Labute approximate surface area is 112 Å². The third kappa shape index (κ3) is 2.05. The number of para-hydroxylation sites is 2. The summed E-state index contributed by atoms with van der Waals surface area (Å²) < 4.78 is 5.51. The van der Waals surface area contributed by atoms with Crippen LogP contribution in [0.5, 0.6) is 0 Å². The quantitative estimate of drug-likeness (QED) is 0.680. The molecule has 18 heavy (non-hydrogen) atoms. The minimum atomic E-state index is -0.0680. The van der Waals surface area contributed by atoms with Crippen molar-refractivity contribution in [3.05, 3.63) is 51.5 Å².